The molecule has 1 aromatic rings. The number of hydrogen-bond acceptors (Lipinski definition) is 2. The first-order chi connectivity index (χ1) is 5.25. The van der Waals surface area contributed by atoms with Gasteiger partial charge in [0.2, 0.25) is 0 Å². The van der Waals surface area contributed by atoms with Gasteiger partial charge in [-0.25, -0.2) is 0 Å². The Morgan fingerprint density at radius 1 is 1.73 bits per heavy atom. The van der Waals surface area contributed by atoms with E-state index in [4.69, 9.17) is 5.73 Å². The molecule has 0 aliphatic carbocycles. The summed E-state index contributed by atoms with van der Waals surface area (Å²) in [5, 5.41) is 0. The summed E-state index contributed by atoms with van der Waals surface area (Å²) in [6.45, 7) is 5.62. The fraction of sp³-hybridized carbons (Fsp3) is 0.222. The van der Waals surface area contributed by atoms with Crippen LogP contribution in [0.5, 0.6) is 0 Å². The zero-order valence-electron chi connectivity index (χ0n) is 6.62. The highest BCUT2D eigenvalue weighted by atomic mass is 14.6. The van der Waals surface area contributed by atoms with Gasteiger partial charge < -0.3 is 5.73 Å². The van der Waals surface area contributed by atoms with E-state index in [9.17, 15) is 0 Å². The fourth-order valence-electron chi connectivity index (χ4n) is 0.985. The minimum Gasteiger partial charge on any atom is -0.321 e. The van der Waals surface area contributed by atoms with Gasteiger partial charge in [0.1, 0.15) is 0 Å². The van der Waals surface area contributed by atoms with E-state index in [1.165, 1.54) is 0 Å². The largest absolute Gasteiger partial charge is 0.321 e. The molecule has 0 saturated heterocycles. The average molecular weight is 148 g/mol. The summed E-state index contributed by atoms with van der Waals surface area (Å²) < 4.78 is 0. The van der Waals surface area contributed by atoms with Crippen LogP contribution >= 0.6 is 0 Å². The number of hydrogen-bond donors (Lipinski definition) is 1. The molecule has 2 heteroatoms. The third kappa shape index (κ3) is 1.65. The van der Waals surface area contributed by atoms with Crippen LogP contribution in [0.2, 0.25) is 0 Å². The van der Waals surface area contributed by atoms with Crippen molar-refractivity contribution in [2.75, 3.05) is 0 Å². The van der Waals surface area contributed by atoms with Crippen LogP contribution in [-0.4, -0.2) is 4.98 Å². The molecule has 1 heterocycles. The molecule has 0 aromatic carbocycles. The number of nitrogens with zero attached hydrogens (tertiary/aromatic N) is 1. The third-order valence-electron chi connectivity index (χ3n) is 1.68. The maximum Gasteiger partial charge on any atom is 0.0482 e. The van der Waals surface area contributed by atoms with Crippen molar-refractivity contribution >= 4 is 0 Å². The first kappa shape index (κ1) is 7.95. The highest BCUT2D eigenvalue weighted by molar-refractivity contribution is 5.27. The molecule has 1 atom stereocenters. The molecule has 0 spiro atoms. The van der Waals surface area contributed by atoms with E-state index in [2.05, 4.69) is 11.6 Å². The lowest BCUT2D eigenvalue weighted by Crippen LogP contribution is -2.08. The van der Waals surface area contributed by atoms with Crippen LogP contribution in [0.1, 0.15) is 17.2 Å². The molecule has 0 radical (unpaired) electrons. The van der Waals surface area contributed by atoms with Gasteiger partial charge >= 0.3 is 0 Å². The Bertz CT molecular complexity index is 255. The van der Waals surface area contributed by atoms with Gasteiger partial charge in [0, 0.05) is 18.4 Å². The summed E-state index contributed by atoms with van der Waals surface area (Å²) in [6, 6.07) is 1.85. The summed E-state index contributed by atoms with van der Waals surface area (Å²) in [6.07, 6.45) is 5.27. The Labute approximate surface area is 66.8 Å². The van der Waals surface area contributed by atoms with Crippen molar-refractivity contribution in [1.29, 1.82) is 0 Å². The molecule has 58 valence electrons. The van der Waals surface area contributed by atoms with Gasteiger partial charge in [0.05, 0.1) is 0 Å². The topological polar surface area (TPSA) is 38.9 Å². The maximum absolute atomic E-state index is 5.75. The highest BCUT2D eigenvalue weighted by Gasteiger charge is 2.02. The first-order valence-electron chi connectivity index (χ1n) is 3.54. The molecule has 0 saturated carbocycles. The molecular weight excluding hydrogens is 136 g/mol. The van der Waals surface area contributed by atoms with E-state index in [0.29, 0.717) is 0 Å². The second-order valence-corrected chi connectivity index (χ2v) is 2.49. The lowest BCUT2D eigenvalue weighted by molar-refractivity contribution is 0.896. The van der Waals surface area contributed by atoms with Crippen LogP contribution in [0.4, 0.5) is 0 Å². The second-order valence-electron chi connectivity index (χ2n) is 2.49. The third-order valence-corrected chi connectivity index (χ3v) is 1.68. The smallest absolute Gasteiger partial charge is 0.0482 e. The summed E-state index contributed by atoms with van der Waals surface area (Å²) in [4.78, 5) is 3.97. The van der Waals surface area contributed by atoms with Gasteiger partial charge in [-0.3, -0.25) is 4.98 Å². The van der Waals surface area contributed by atoms with E-state index in [1.54, 1.807) is 18.5 Å². The van der Waals surface area contributed by atoms with E-state index in [-0.39, 0.29) is 6.04 Å². The van der Waals surface area contributed by atoms with Crippen molar-refractivity contribution in [2.45, 2.75) is 13.0 Å². The molecule has 2 nitrogen and oxygen atoms in total. The zero-order valence-corrected chi connectivity index (χ0v) is 6.62. The van der Waals surface area contributed by atoms with E-state index in [0.717, 1.165) is 11.1 Å². The summed E-state index contributed by atoms with van der Waals surface area (Å²) in [5.74, 6) is 0. The lowest BCUT2D eigenvalue weighted by atomic mass is 10.1. The van der Waals surface area contributed by atoms with Crippen LogP contribution in [0.3, 0.4) is 0 Å². The Morgan fingerprint density at radius 2 is 2.45 bits per heavy atom. The van der Waals surface area contributed by atoms with Crippen LogP contribution in [0, 0.1) is 6.92 Å². The van der Waals surface area contributed by atoms with Crippen molar-refractivity contribution in [3.63, 3.8) is 0 Å². The summed E-state index contributed by atoms with van der Waals surface area (Å²) >= 11 is 0. The molecule has 2 N–H and O–H groups in total. The first-order valence-corrected chi connectivity index (χ1v) is 3.54. The zero-order chi connectivity index (χ0) is 8.27. The van der Waals surface area contributed by atoms with Gasteiger partial charge in [-0.05, 0) is 24.1 Å². The Balaban J connectivity index is 3.02. The quantitative estimate of drug-likeness (QED) is 0.646. The normalized spacial score (nSPS) is 12.5. The number of nitrogens with two attached hydrogens (primary N) is 1. The minimum atomic E-state index is -0.0713. The lowest BCUT2D eigenvalue weighted by Gasteiger charge is -2.08. The molecule has 0 bridgehead atoms. The highest BCUT2D eigenvalue weighted by Crippen LogP contribution is 2.13. The van der Waals surface area contributed by atoms with Crippen molar-refractivity contribution in [2.24, 2.45) is 5.73 Å². The van der Waals surface area contributed by atoms with Crippen LogP contribution < -0.4 is 5.73 Å². The Morgan fingerprint density at radius 3 is 3.00 bits per heavy atom. The monoisotopic (exact) mass is 148 g/mol. The van der Waals surface area contributed by atoms with E-state index < -0.39 is 0 Å². The number of aromatic nitrogens is 1. The number of aryl methyl sites for hydroxylation is 1. The molecule has 0 unspecified atom stereocenters. The van der Waals surface area contributed by atoms with Crippen LogP contribution in [-0.2, 0) is 0 Å². The molecular formula is C9H12N2. The Hall–Kier alpha value is -1.15. The molecule has 0 amide bonds. The standard InChI is InChI=1S/C9H12N2/c1-3-9(10)8-4-5-11-6-7(8)2/h3-6,9H,1,10H2,2H3/t9-/m1/s1. The van der Waals surface area contributed by atoms with Gasteiger partial charge in [0.15, 0.2) is 0 Å². The van der Waals surface area contributed by atoms with E-state index >= 15 is 0 Å². The Kier molecular flexibility index (Phi) is 2.39. The SMILES string of the molecule is C=C[C@@H](N)c1ccncc1C. The van der Waals surface area contributed by atoms with Crippen molar-refractivity contribution in [3.05, 3.63) is 42.2 Å². The van der Waals surface area contributed by atoms with Crippen molar-refractivity contribution in [1.82, 2.24) is 4.98 Å². The van der Waals surface area contributed by atoms with Crippen molar-refractivity contribution < 1.29 is 0 Å². The summed E-state index contributed by atoms with van der Waals surface area (Å²) in [7, 11) is 0. The van der Waals surface area contributed by atoms with E-state index in [1.807, 2.05) is 13.0 Å². The average Bonchev–Trinajstić information content (AvgIpc) is 2.04. The fourth-order valence-corrected chi connectivity index (χ4v) is 0.985. The number of pyridine rings is 1. The summed E-state index contributed by atoms with van der Waals surface area (Å²) in [5.41, 5.74) is 7.95. The van der Waals surface area contributed by atoms with Crippen molar-refractivity contribution in [3.8, 4) is 0 Å². The van der Waals surface area contributed by atoms with Gasteiger partial charge in [-0.1, -0.05) is 6.08 Å². The predicted molar refractivity (Wildman–Crippen MR) is 46.1 cm³/mol. The van der Waals surface area contributed by atoms with Crippen LogP contribution in [0.25, 0.3) is 0 Å². The van der Waals surface area contributed by atoms with Crippen LogP contribution in [0.15, 0.2) is 31.1 Å². The molecule has 1 aromatic heterocycles. The minimum absolute atomic E-state index is 0.0713. The number of rotatable bonds is 2. The molecule has 0 aliphatic rings. The van der Waals surface area contributed by atoms with Gasteiger partial charge in [0.25, 0.3) is 0 Å². The predicted octanol–water partition coefficient (Wildman–Crippen LogP) is 1.58. The molecule has 0 aliphatic heterocycles. The maximum atomic E-state index is 5.75. The molecule has 0 fully saturated rings. The van der Waals surface area contributed by atoms with Gasteiger partial charge in [-0.15, -0.1) is 6.58 Å². The van der Waals surface area contributed by atoms with Gasteiger partial charge in [-0.2, -0.15) is 0 Å². The molecule has 1 rings (SSSR count). The molecule has 11 heavy (non-hydrogen) atoms. The second kappa shape index (κ2) is 3.30.